The third kappa shape index (κ3) is 6.27. The number of anilines is 6. The first-order valence-corrected chi connectivity index (χ1v) is 26.4. The van der Waals surface area contributed by atoms with Crippen LogP contribution in [0.15, 0.2) is 182 Å². The quantitative estimate of drug-likeness (QED) is 0.150. The van der Waals surface area contributed by atoms with Crippen LogP contribution in [0.25, 0.3) is 44.5 Å². The molecule has 2 heteroatoms. The zero-order valence-electron chi connectivity index (χ0n) is 43.6. The van der Waals surface area contributed by atoms with E-state index >= 15 is 0 Å². The number of benzene rings is 9. The molecule has 0 aromatic heterocycles. The van der Waals surface area contributed by atoms with Gasteiger partial charge in [0.2, 0.25) is 0 Å². The summed E-state index contributed by atoms with van der Waals surface area (Å²) in [6.45, 7) is 23.7. The third-order valence-corrected chi connectivity index (χ3v) is 17.8. The largest absolute Gasteiger partial charge is 0.310 e. The highest BCUT2D eigenvalue weighted by Gasteiger charge is 2.40. The van der Waals surface area contributed by atoms with Crippen LogP contribution in [0.5, 0.6) is 0 Å². The molecule has 9 aromatic carbocycles. The van der Waals surface area contributed by atoms with Crippen LogP contribution >= 0.6 is 0 Å². The maximum atomic E-state index is 2.53. The first-order chi connectivity index (χ1) is 34.6. The van der Waals surface area contributed by atoms with Crippen LogP contribution in [0, 0.1) is 0 Å². The zero-order valence-corrected chi connectivity index (χ0v) is 43.6. The number of rotatable bonds is 8. The van der Waals surface area contributed by atoms with Gasteiger partial charge in [-0.2, -0.15) is 0 Å². The van der Waals surface area contributed by atoms with Crippen molar-refractivity contribution in [3.05, 3.63) is 238 Å². The van der Waals surface area contributed by atoms with Crippen LogP contribution in [0.1, 0.15) is 125 Å². The third-order valence-electron chi connectivity index (χ3n) is 17.8. The van der Waals surface area contributed by atoms with E-state index in [2.05, 4.69) is 261 Å². The van der Waals surface area contributed by atoms with Crippen molar-refractivity contribution < 1.29 is 0 Å². The number of hydrogen-bond donors (Lipinski definition) is 0. The molecule has 2 nitrogen and oxygen atoms in total. The van der Waals surface area contributed by atoms with Gasteiger partial charge in [-0.15, -0.1) is 0 Å². The van der Waals surface area contributed by atoms with Crippen molar-refractivity contribution in [3.8, 4) is 44.5 Å². The van der Waals surface area contributed by atoms with E-state index in [1.165, 1.54) is 100 Å². The number of hydrogen-bond acceptors (Lipinski definition) is 2. The molecule has 0 heterocycles. The van der Waals surface area contributed by atoms with Gasteiger partial charge in [-0.1, -0.05) is 184 Å². The molecule has 4 aliphatic carbocycles. The van der Waals surface area contributed by atoms with E-state index < -0.39 is 0 Å². The fraction of sp³-hybridized carbons (Fsp3) is 0.229. The van der Waals surface area contributed by atoms with Crippen molar-refractivity contribution in [1.82, 2.24) is 0 Å². The van der Waals surface area contributed by atoms with Crippen molar-refractivity contribution in [2.75, 3.05) is 9.80 Å². The smallest absolute Gasteiger partial charge is 0.0482 e. The van der Waals surface area contributed by atoms with E-state index in [9.17, 15) is 0 Å². The molecular formula is C70H64N2. The summed E-state index contributed by atoms with van der Waals surface area (Å²) >= 11 is 0. The zero-order chi connectivity index (χ0) is 49.6. The molecule has 72 heavy (non-hydrogen) atoms. The Morgan fingerprint density at radius 3 is 0.847 bits per heavy atom. The van der Waals surface area contributed by atoms with Crippen LogP contribution in [0.3, 0.4) is 0 Å². The van der Waals surface area contributed by atoms with Gasteiger partial charge in [0, 0.05) is 55.8 Å². The van der Waals surface area contributed by atoms with Crippen molar-refractivity contribution in [2.45, 2.75) is 104 Å². The van der Waals surface area contributed by atoms with E-state index in [1.807, 2.05) is 0 Å². The van der Waals surface area contributed by atoms with E-state index in [-0.39, 0.29) is 21.7 Å². The van der Waals surface area contributed by atoms with E-state index in [1.54, 1.807) is 0 Å². The lowest BCUT2D eigenvalue weighted by Gasteiger charge is -2.32. The van der Waals surface area contributed by atoms with Crippen LogP contribution in [-0.2, 0) is 34.5 Å². The molecule has 0 saturated heterocycles. The molecule has 0 radical (unpaired) electrons. The minimum atomic E-state index is -0.156. The van der Waals surface area contributed by atoms with Crippen LogP contribution < -0.4 is 9.80 Å². The first-order valence-electron chi connectivity index (χ1n) is 26.4. The van der Waals surface area contributed by atoms with Crippen molar-refractivity contribution in [3.63, 3.8) is 0 Å². The Labute approximate surface area is 427 Å². The summed E-state index contributed by atoms with van der Waals surface area (Å²) in [5.41, 5.74) is 30.8. The van der Waals surface area contributed by atoms with Crippen LogP contribution in [0.2, 0.25) is 0 Å². The average Bonchev–Trinajstić information content (AvgIpc) is 3.95. The van der Waals surface area contributed by atoms with E-state index in [0.717, 1.165) is 47.0 Å². The van der Waals surface area contributed by atoms with Gasteiger partial charge < -0.3 is 9.80 Å². The van der Waals surface area contributed by atoms with Gasteiger partial charge in [0.05, 0.1) is 0 Å². The fourth-order valence-corrected chi connectivity index (χ4v) is 13.6. The molecule has 0 N–H and O–H groups in total. The van der Waals surface area contributed by atoms with E-state index in [4.69, 9.17) is 0 Å². The average molecular weight is 933 g/mol. The Kier molecular flexibility index (Phi) is 9.61. The first kappa shape index (κ1) is 44.5. The molecule has 0 spiro atoms. The second kappa shape index (κ2) is 15.5. The van der Waals surface area contributed by atoms with Gasteiger partial charge >= 0.3 is 0 Å². The molecule has 13 rings (SSSR count). The van der Waals surface area contributed by atoms with Crippen molar-refractivity contribution in [2.24, 2.45) is 0 Å². The monoisotopic (exact) mass is 933 g/mol. The molecule has 0 saturated carbocycles. The molecule has 4 aliphatic rings. The Morgan fingerprint density at radius 2 is 0.514 bits per heavy atom. The SMILES string of the molecule is CCc1ccc2c(c1)C(C)(C)c1cc(N(c3cccc(N(c4ccc5c(c4)C(C)(C)c4ccccc4-5)c4ccc5c(c4)C(C)(C)c4ccccc4-5)c3)c3ccc4c(c3)C(C)(C)c3cc(CC)ccc3-4)ccc1-2. The van der Waals surface area contributed by atoms with Crippen molar-refractivity contribution in [1.29, 1.82) is 0 Å². The number of aryl methyl sites for hydroxylation is 2. The predicted octanol–water partition coefficient (Wildman–Crippen LogP) is 19.0. The van der Waals surface area contributed by atoms with Gasteiger partial charge in [-0.25, -0.2) is 0 Å². The summed E-state index contributed by atoms with van der Waals surface area (Å²) in [7, 11) is 0. The molecular weight excluding hydrogens is 869 g/mol. The summed E-state index contributed by atoms with van der Waals surface area (Å²) in [4.78, 5) is 5.04. The standard InChI is InChI=1S/C70H64N2/c1-11-43-24-30-53-57-34-28-49(41-65(57)69(7,8)61(53)36-43)72(50-29-35-58-54-31-25-44(12-2)37-62(54)70(9,10)66(58)42-50)46-19-17-18-45(38-46)71(47-26-32-55-51-20-13-15-22-59(51)67(3,4)63(55)39-47)48-27-33-56-52-21-14-16-23-60(52)68(5,6)64(56)40-48/h13-42H,11-12H2,1-10H3. The maximum absolute atomic E-state index is 2.53. The summed E-state index contributed by atoms with van der Waals surface area (Å²) in [5, 5.41) is 0. The maximum Gasteiger partial charge on any atom is 0.0482 e. The van der Waals surface area contributed by atoms with Crippen LogP contribution in [-0.4, -0.2) is 0 Å². The Balaban J connectivity index is 1.01. The molecule has 0 aliphatic heterocycles. The summed E-state index contributed by atoms with van der Waals surface area (Å²) < 4.78 is 0. The predicted molar refractivity (Wildman–Crippen MR) is 305 cm³/mol. The van der Waals surface area contributed by atoms with Gasteiger partial charge in [-0.05, 0) is 180 Å². The lowest BCUT2D eigenvalue weighted by Crippen LogP contribution is -2.19. The summed E-state index contributed by atoms with van der Waals surface area (Å²) in [5.74, 6) is 0. The number of fused-ring (bicyclic) bond motifs is 12. The molecule has 9 aromatic rings. The highest BCUT2D eigenvalue weighted by Crippen LogP contribution is 2.56. The Morgan fingerprint density at radius 1 is 0.250 bits per heavy atom. The molecule has 0 unspecified atom stereocenters. The van der Waals surface area contributed by atoms with Gasteiger partial charge in [0.25, 0.3) is 0 Å². The Bertz CT molecular complexity index is 3520. The van der Waals surface area contributed by atoms with Gasteiger partial charge in [-0.3, -0.25) is 0 Å². The highest BCUT2D eigenvalue weighted by molar-refractivity contribution is 5.92. The molecule has 0 bridgehead atoms. The fourth-order valence-electron chi connectivity index (χ4n) is 13.6. The van der Waals surface area contributed by atoms with Gasteiger partial charge in [0.15, 0.2) is 0 Å². The summed E-state index contributed by atoms with van der Waals surface area (Å²) in [6.07, 6.45) is 2.05. The second-order valence-corrected chi connectivity index (χ2v) is 23.2. The number of nitrogens with zero attached hydrogens (tertiary/aromatic N) is 2. The summed E-state index contributed by atoms with van der Waals surface area (Å²) in [6, 6.07) is 70.4. The minimum absolute atomic E-state index is 0.147. The highest BCUT2D eigenvalue weighted by atomic mass is 15.2. The second-order valence-electron chi connectivity index (χ2n) is 23.2. The molecule has 0 atom stereocenters. The normalized spacial score (nSPS) is 15.9. The molecule has 354 valence electrons. The molecule has 0 amide bonds. The van der Waals surface area contributed by atoms with Crippen molar-refractivity contribution >= 4 is 34.1 Å². The Hall–Kier alpha value is -7.42. The topological polar surface area (TPSA) is 6.48 Å². The molecule has 0 fully saturated rings. The lowest BCUT2D eigenvalue weighted by molar-refractivity contribution is 0.659. The van der Waals surface area contributed by atoms with Crippen LogP contribution in [0.4, 0.5) is 34.1 Å². The minimum Gasteiger partial charge on any atom is -0.310 e. The van der Waals surface area contributed by atoms with E-state index in [0.29, 0.717) is 0 Å². The lowest BCUT2D eigenvalue weighted by atomic mass is 9.81. The van der Waals surface area contributed by atoms with Gasteiger partial charge in [0.1, 0.15) is 0 Å².